The molecule has 8 heteroatoms. The van der Waals surface area contributed by atoms with Crippen LogP contribution in [0.2, 0.25) is 0 Å². The molecule has 3 aromatic carbocycles. The van der Waals surface area contributed by atoms with E-state index in [1.165, 1.54) is 24.3 Å². The molecule has 0 aliphatic rings. The Balaban J connectivity index is 0.00000336. The van der Waals surface area contributed by atoms with Crippen LogP contribution in [0.4, 0.5) is 8.78 Å². The van der Waals surface area contributed by atoms with Crippen molar-refractivity contribution in [2.45, 2.75) is 32.1 Å². The van der Waals surface area contributed by atoms with Crippen LogP contribution in [-0.2, 0) is 27.8 Å². The van der Waals surface area contributed by atoms with Gasteiger partial charge in [0, 0.05) is 56.6 Å². The number of aryl methyl sites for hydroxylation is 1. The van der Waals surface area contributed by atoms with Gasteiger partial charge in [-0.1, -0.05) is 55.2 Å². The van der Waals surface area contributed by atoms with Crippen LogP contribution in [0.3, 0.4) is 0 Å². The van der Waals surface area contributed by atoms with Crippen molar-refractivity contribution in [3.8, 4) is 22.9 Å². The van der Waals surface area contributed by atoms with Crippen LogP contribution < -0.4 is 9.72 Å². The summed E-state index contributed by atoms with van der Waals surface area (Å²) in [4.78, 5) is 9.21. The number of halogens is 3. The van der Waals surface area contributed by atoms with Gasteiger partial charge in [0.15, 0.2) is 11.6 Å². The number of nitrogens with zero attached hydrogens (tertiary/aromatic N) is 3. The third-order valence-electron chi connectivity index (χ3n) is 6.86. The van der Waals surface area contributed by atoms with Gasteiger partial charge in [0.25, 0.3) is 0 Å². The van der Waals surface area contributed by atoms with E-state index in [-0.39, 0.29) is 39.5 Å². The van der Waals surface area contributed by atoms with Gasteiger partial charge in [0.2, 0.25) is 0 Å². The Morgan fingerprint density at radius 2 is 1.87 bits per heavy atom. The van der Waals surface area contributed by atoms with E-state index < -0.39 is 17.0 Å². The summed E-state index contributed by atoms with van der Waals surface area (Å²) >= 11 is 2.10. The predicted molar refractivity (Wildman–Crippen MR) is 151 cm³/mol. The molecule has 4 nitrogen and oxygen atoms in total. The van der Waals surface area contributed by atoms with E-state index in [1.807, 2.05) is 46.2 Å². The van der Waals surface area contributed by atoms with Crippen molar-refractivity contribution in [2.24, 2.45) is 0 Å². The molecule has 1 atom stereocenters. The van der Waals surface area contributed by atoms with Gasteiger partial charge >= 0.3 is 0 Å². The number of hydrogen-bond donors (Lipinski definition) is 0. The van der Waals surface area contributed by atoms with Crippen LogP contribution >= 0.6 is 22.9 Å². The first-order valence-corrected chi connectivity index (χ1v) is 12.9. The van der Waals surface area contributed by atoms with Gasteiger partial charge in [-0.3, -0.25) is 2.78 Å². The number of benzene rings is 3. The van der Waals surface area contributed by atoms with Crippen LogP contribution in [0.25, 0.3) is 22.3 Å². The van der Waals surface area contributed by atoms with Crippen molar-refractivity contribution in [3.63, 3.8) is 0 Å². The maximum absolute atomic E-state index is 15.0. The van der Waals surface area contributed by atoms with Crippen LogP contribution in [-0.4, -0.2) is 7.76 Å². The number of hydrogen-bond acceptors (Lipinski definition) is 2. The number of ether oxygens (including phenoxy) is 1. The summed E-state index contributed by atoms with van der Waals surface area (Å²) in [7, 11) is 0. The van der Waals surface area contributed by atoms with E-state index >= 15 is 0 Å². The Kier molecular flexibility index (Phi) is 8.62. The Morgan fingerprint density at radius 3 is 2.61 bits per heavy atom. The summed E-state index contributed by atoms with van der Waals surface area (Å²) in [6, 6.07) is 17.7. The summed E-state index contributed by atoms with van der Waals surface area (Å²) in [6.07, 6.45) is 7.02. The molecule has 0 aliphatic carbocycles. The molecule has 5 rings (SSSR count). The van der Waals surface area contributed by atoms with E-state index in [0.29, 0.717) is 11.3 Å². The Bertz CT molecular complexity index is 1600. The first kappa shape index (κ1) is 28.3. The average molecular weight is 789 g/mol. The molecule has 0 amide bonds. The van der Waals surface area contributed by atoms with Crippen molar-refractivity contribution in [1.29, 1.82) is 0 Å². The molecule has 2 aromatic heterocycles. The van der Waals surface area contributed by atoms with Crippen LogP contribution in [0, 0.1) is 18.6 Å². The zero-order valence-electron chi connectivity index (χ0n) is 21.0. The third-order valence-corrected chi connectivity index (χ3v) is 7.70. The molecular formula is C30H25F2IN3OTa-. The molecular weight excluding hydrogens is 764 g/mol. The van der Waals surface area contributed by atoms with Crippen LogP contribution in [0.1, 0.15) is 36.6 Å². The maximum Gasteiger partial charge on any atom is 0.168 e. The Morgan fingerprint density at radius 1 is 1.11 bits per heavy atom. The fourth-order valence-electron chi connectivity index (χ4n) is 4.65. The minimum absolute atomic E-state index is 0. The van der Waals surface area contributed by atoms with Gasteiger partial charge in [0.1, 0.15) is 11.6 Å². The number of aromatic nitrogens is 3. The molecule has 0 saturated carbocycles. The number of allylic oxidation sites excluding steroid dienone is 1. The summed E-state index contributed by atoms with van der Waals surface area (Å²) < 4.78 is 37.7. The fraction of sp³-hybridized carbons (Fsp3) is 0.167. The standard InChI is InChI=1S/C30H25F2IN3O.Ta/c1-4-5-14-30(3,20-9-7-6-8-10-20)27-18-34-29(35-27)23-16-21(11-12-24(23)31)37-28-19(2)22-13-15-36(33)26(22)17-25(28)32;/h4,6-13,15-18H,1,5,14H2,2-3H3;/q-1;. The van der Waals surface area contributed by atoms with Crippen molar-refractivity contribution >= 4 is 33.8 Å². The molecule has 5 aromatic rings. The molecule has 2 heterocycles. The third kappa shape index (κ3) is 5.25. The van der Waals surface area contributed by atoms with Gasteiger partial charge in [-0.15, -0.1) is 6.58 Å². The van der Waals surface area contributed by atoms with Crippen LogP contribution in [0.15, 0.2) is 85.7 Å². The Hall–Kier alpha value is -2.72. The first-order valence-electron chi connectivity index (χ1n) is 11.9. The number of fused-ring (bicyclic) bond motifs is 1. The summed E-state index contributed by atoms with van der Waals surface area (Å²) in [6.45, 7) is 7.78. The largest absolute Gasteiger partial charge is 0.454 e. The molecule has 0 fully saturated rings. The van der Waals surface area contributed by atoms with Gasteiger partial charge in [-0.2, -0.15) is 0 Å². The SMILES string of the molecule is C=CCCC(C)(c1ccccc1)c1cnc(-c2cc(Oc3c(F)cc4c(ccn4I)c3C)ccc2F)[n-]1.[Ta]. The molecule has 1 unspecified atom stereocenters. The van der Waals surface area contributed by atoms with E-state index in [4.69, 9.17) is 9.72 Å². The van der Waals surface area contributed by atoms with E-state index in [1.54, 1.807) is 6.20 Å². The number of imidazole rings is 1. The minimum Gasteiger partial charge on any atom is -0.454 e. The summed E-state index contributed by atoms with van der Waals surface area (Å²) in [5.74, 6) is -0.298. The fourth-order valence-corrected chi connectivity index (χ4v) is 5.21. The molecule has 0 spiro atoms. The minimum atomic E-state index is -0.486. The van der Waals surface area contributed by atoms with Crippen molar-refractivity contribution in [2.75, 3.05) is 0 Å². The topological polar surface area (TPSA) is 41.2 Å². The summed E-state index contributed by atoms with van der Waals surface area (Å²) in [5, 5.41) is 0.886. The van der Waals surface area contributed by atoms with Crippen molar-refractivity contribution in [1.82, 2.24) is 12.7 Å². The second-order valence-electron chi connectivity index (χ2n) is 9.22. The molecule has 0 N–H and O–H groups in total. The van der Waals surface area contributed by atoms with E-state index in [2.05, 4.69) is 53.5 Å². The van der Waals surface area contributed by atoms with Crippen LogP contribution in [0.5, 0.6) is 11.5 Å². The zero-order chi connectivity index (χ0) is 26.2. The van der Waals surface area contributed by atoms with Gasteiger partial charge in [-0.05, 0) is 55.4 Å². The second kappa shape index (κ2) is 11.6. The number of rotatable bonds is 8. The van der Waals surface area contributed by atoms with Crippen molar-refractivity contribution < 1.29 is 35.9 Å². The maximum atomic E-state index is 15.0. The molecule has 0 bridgehead atoms. The smallest absolute Gasteiger partial charge is 0.168 e. The average Bonchev–Trinajstić information content (AvgIpc) is 3.54. The Labute approximate surface area is 250 Å². The molecule has 38 heavy (non-hydrogen) atoms. The van der Waals surface area contributed by atoms with E-state index in [0.717, 1.165) is 35.0 Å². The molecule has 193 valence electrons. The van der Waals surface area contributed by atoms with Gasteiger partial charge < -0.3 is 14.7 Å². The van der Waals surface area contributed by atoms with Gasteiger partial charge in [0.05, 0.1) is 28.4 Å². The van der Waals surface area contributed by atoms with Gasteiger partial charge in [-0.25, -0.2) is 8.78 Å². The quantitative estimate of drug-likeness (QED) is 0.117. The molecule has 1 radical (unpaired) electrons. The van der Waals surface area contributed by atoms with E-state index in [9.17, 15) is 8.78 Å². The monoisotopic (exact) mass is 789 g/mol. The normalized spacial score (nSPS) is 12.7. The molecule has 0 saturated heterocycles. The molecule has 0 aliphatic heterocycles. The zero-order valence-corrected chi connectivity index (χ0v) is 26.3. The second-order valence-corrected chi connectivity index (χ2v) is 10.3. The summed E-state index contributed by atoms with van der Waals surface area (Å²) in [5.41, 5.74) is 3.05. The predicted octanol–water partition coefficient (Wildman–Crippen LogP) is 8.51. The van der Waals surface area contributed by atoms with Crippen molar-refractivity contribution in [3.05, 3.63) is 114 Å². The first-order chi connectivity index (χ1) is 17.8.